The minimum absolute atomic E-state index is 0.0566. The lowest BCUT2D eigenvalue weighted by Gasteiger charge is -2.21. The van der Waals surface area contributed by atoms with Crippen LogP contribution in [0, 0.1) is 6.92 Å². The van der Waals surface area contributed by atoms with Gasteiger partial charge in [0.2, 0.25) is 0 Å². The second-order valence-electron chi connectivity index (χ2n) is 3.63. The number of anilines is 1. The van der Waals surface area contributed by atoms with Crippen LogP contribution in [0.5, 0.6) is 0 Å². The Morgan fingerprint density at radius 1 is 1.54 bits per heavy atom. The maximum atomic E-state index is 5.29. The molecular weight excluding hydrogens is 170 g/mol. The Morgan fingerprint density at radius 2 is 2.38 bits per heavy atom. The molecule has 1 aromatic rings. The normalized spacial score (nSPS) is 27.8. The molecule has 0 spiro atoms. The molecule has 1 atom stereocenters. The van der Waals surface area contributed by atoms with Gasteiger partial charge in [0, 0.05) is 6.61 Å². The minimum atomic E-state index is -0.0566. The Hall–Kier alpha value is -1.10. The fraction of sp³-hybridized carbons (Fsp3) is 0.750. The first kappa shape index (κ1) is 8.50. The summed E-state index contributed by atoms with van der Waals surface area (Å²) >= 11 is 0. The van der Waals surface area contributed by atoms with Crippen molar-refractivity contribution >= 4 is 6.01 Å². The van der Waals surface area contributed by atoms with Gasteiger partial charge in [0.1, 0.15) is 0 Å². The van der Waals surface area contributed by atoms with Gasteiger partial charge in [-0.25, -0.2) is 0 Å². The van der Waals surface area contributed by atoms with E-state index in [1.165, 1.54) is 0 Å². The molecule has 1 saturated heterocycles. The highest BCUT2D eigenvalue weighted by Gasteiger charge is 2.30. The van der Waals surface area contributed by atoms with Crippen LogP contribution in [-0.2, 0) is 4.74 Å². The number of ether oxygens (including phenoxy) is 1. The first-order valence-corrected chi connectivity index (χ1v) is 4.34. The molecule has 1 aliphatic rings. The Morgan fingerprint density at radius 3 is 2.92 bits per heavy atom. The van der Waals surface area contributed by atoms with E-state index in [1.807, 2.05) is 0 Å². The first-order chi connectivity index (χ1) is 6.18. The van der Waals surface area contributed by atoms with Crippen LogP contribution in [-0.4, -0.2) is 28.9 Å². The topological polar surface area (TPSA) is 60.2 Å². The van der Waals surface area contributed by atoms with E-state index in [4.69, 9.17) is 9.26 Å². The molecule has 1 N–H and O–H groups in total. The van der Waals surface area contributed by atoms with Crippen molar-refractivity contribution in [3.63, 3.8) is 0 Å². The highest BCUT2D eigenvalue weighted by molar-refractivity contribution is 5.24. The van der Waals surface area contributed by atoms with Crippen LogP contribution in [0.4, 0.5) is 6.01 Å². The third kappa shape index (κ3) is 1.80. The molecule has 5 nitrogen and oxygen atoms in total. The van der Waals surface area contributed by atoms with Gasteiger partial charge in [0.05, 0.1) is 12.1 Å². The van der Waals surface area contributed by atoms with Crippen molar-refractivity contribution in [2.45, 2.75) is 25.8 Å². The average Bonchev–Trinajstić information content (AvgIpc) is 2.62. The second-order valence-corrected chi connectivity index (χ2v) is 3.63. The number of hydrogen-bond acceptors (Lipinski definition) is 5. The summed E-state index contributed by atoms with van der Waals surface area (Å²) in [6.07, 6.45) is 0.967. The molecule has 1 aliphatic heterocycles. The van der Waals surface area contributed by atoms with Crippen molar-refractivity contribution in [3.05, 3.63) is 5.82 Å². The van der Waals surface area contributed by atoms with E-state index in [0.29, 0.717) is 18.4 Å². The van der Waals surface area contributed by atoms with Crippen LogP contribution in [0.25, 0.3) is 0 Å². The van der Waals surface area contributed by atoms with Gasteiger partial charge in [-0.05, 0) is 20.3 Å². The highest BCUT2D eigenvalue weighted by Crippen LogP contribution is 2.22. The molecule has 2 rings (SSSR count). The summed E-state index contributed by atoms with van der Waals surface area (Å²) in [6, 6.07) is 0.477. The van der Waals surface area contributed by atoms with Crippen LogP contribution in [0.1, 0.15) is 19.2 Å². The number of aryl methyl sites for hydroxylation is 1. The summed E-state index contributed by atoms with van der Waals surface area (Å²) in [6.45, 7) is 5.35. The smallest absolute Gasteiger partial charge is 0.321 e. The third-order valence-electron chi connectivity index (χ3n) is 2.16. The highest BCUT2D eigenvalue weighted by atomic mass is 16.5. The third-order valence-corrected chi connectivity index (χ3v) is 2.16. The lowest BCUT2D eigenvalue weighted by molar-refractivity contribution is 0.184. The largest absolute Gasteiger partial charge is 0.379 e. The lowest BCUT2D eigenvalue weighted by atomic mass is 10.0. The maximum Gasteiger partial charge on any atom is 0.321 e. The van der Waals surface area contributed by atoms with Crippen molar-refractivity contribution in [1.82, 2.24) is 10.1 Å². The second kappa shape index (κ2) is 2.99. The summed E-state index contributed by atoms with van der Waals surface area (Å²) in [5.41, 5.74) is -0.0566. The average molecular weight is 183 g/mol. The molecule has 2 heterocycles. The molecule has 0 amide bonds. The van der Waals surface area contributed by atoms with E-state index in [0.717, 1.165) is 13.0 Å². The standard InChI is InChI=1S/C8H13N3O2/c1-6-9-7(13-11-6)10-8(2)3-4-12-5-8/h3-5H2,1-2H3,(H,9,10,11). The molecule has 5 heteroatoms. The summed E-state index contributed by atoms with van der Waals surface area (Å²) in [4.78, 5) is 4.07. The Balaban J connectivity index is 2.04. The van der Waals surface area contributed by atoms with Crippen molar-refractivity contribution in [2.24, 2.45) is 0 Å². The van der Waals surface area contributed by atoms with Gasteiger partial charge in [-0.1, -0.05) is 5.16 Å². The molecule has 1 fully saturated rings. The molecule has 1 unspecified atom stereocenters. The number of aromatic nitrogens is 2. The quantitative estimate of drug-likeness (QED) is 0.740. The summed E-state index contributed by atoms with van der Waals surface area (Å²) in [5.74, 6) is 0.644. The Kier molecular flexibility index (Phi) is 1.95. The van der Waals surface area contributed by atoms with Gasteiger partial charge in [-0.15, -0.1) is 0 Å². The fourth-order valence-electron chi connectivity index (χ4n) is 1.37. The van der Waals surface area contributed by atoms with Crippen LogP contribution in [0.15, 0.2) is 4.52 Å². The van der Waals surface area contributed by atoms with E-state index in [9.17, 15) is 0 Å². The van der Waals surface area contributed by atoms with Crippen LogP contribution in [0.3, 0.4) is 0 Å². The summed E-state index contributed by atoms with van der Waals surface area (Å²) in [7, 11) is 0. The number of nitrogens with zero attached hydrogens (tertiary/aromatic N) is 2. The fourth-order valence-corrected chi connectivity index (χ4v) is 1.37. The molecule has 0 aliphatic carbocycles. The minimum Gasteiger partial charge on any atom is -0.379 e. The Bertz CT molecular complexity index is 291. The van der Waals surface area contributed by atoms with Gasteiger partial charge in [-0.3, -0.25) is 0 Å². The molecule has 0 bridgehead atoms. The van der Waals surface area contributed by atoms with E-state index in [-0.39, 0.29) is 5.54 Å². The molecule has 1 aromatic heterocycles. The van der Waals surface area contributed by atoms with Crippen molar-refractivity contribution < 1.29 is 9.26 Å². The van der Waals surface area contributed by atoms with Gasteiger partial charge in [0.25, 0.3) is 0 Å². The zero-order valence-corrected chi connectivity index (χ0v) is 7.83. The SMILES string of the molecule is Cc1noc(NC2(C)CCOC2)n1. The molecule has 13 heavy (non-hydrogen) atoms. The van der Waals surface area contributed by atoms with Gasteiger partial charge < -0.3 is 14.6 Å². The van der Waals surface area contributed by atoms with Crippen molar-refractivity contribution in [1.29, 1.82) is 0 Å². The number of rotatable bonds is 2. The van der Waals surface area contributed by atoms with E-state index >= 15 is 0 Å². The zero-order chi connectivity index (χ0) is 9.31. The summed E-state index contributed by atoms with van der Waals surface area (Å²) < 4.78 is 10.3. The van der Waals surface area contributed by atoms with Gasteiger partial charge >= 0.3 is 6.01 Å². The molecule has 0 radical (unpaired) electrons. The molecule has 0 aromatic carbocycles. The molecule has 72 valence electrons. The van der Waals surface area contributed by atoms with Crippen molar-refractivity contribution in [3.8, 4) is 0 Å². The van der Waals surface area contributed by atoms with Crippen LogP contribution < -0.4 is 5.32 Å². The molecule has 0 saturated carbocycles. The van der Waals surface area contributed by atoms with Crippen molar-refractivity contribution in [2.75, 3.05) is 18.5 Å². The number of hydrogen-bond donors (Lipinski definition) is 1. The lowest BCUT2D eigenvalue weighted by Crippen LogP contribution is -2.35. The maximum absolute atomic E-state index is 5.29. The van der Waals surface area contributed by atoms with Crippen LogP contribution in [0.2, 0.25) is 0 Å². The van der Waals surface area contributed by atoms with Gasteiger partial charge in [-0.2, -0.15) is 4.98 Å². The van der Waals surface area contributed by atoms with E-state index < -0.39 is 0 Å². The van der Waals surface area contributed by atoms with Gasteiger partial charge in [0.15, 0.2) is 5.82 Å². The predicted octanol–water partition coefficient (Wildman–Crippen LogP) is 0.969. The number of nitrogens with one attached hydrogen (secondary N) is 1. The zero-order valence-electron chi connectivity index (χ0n) is 7.83. The van der Waals surface area contributed by atoms with E-state index in [2.05, 4.69) is 22.4 Å². The predicted molar refractivity (Wildman–Crippen MR) is 46.5 cm³/mol. The first-order valence-electron chi connectivity index (χ1n) is 4.34. The summed E-state index contributed by atoms with van der Waals surface area (Å²) in [5, 5.41) is 6.87. The monoisotopic (exact) mass is 183 g/mol. The Labute approximate surface area is 76.5 Å². The van der Waals surface area contributed by atoms with Crippen LogP contribution >= 0.6 is 0 Å². The molecular formula is C8H13N3O2. The van der Waals surface area contributed by atoms with E-state index in [1.54, 1.807) is 6.92 Å².